The van der Waals surface area contributed by atoms with E-state index in [0.717, 1.165) is 49.7 Å². The summed E-state index contributed by atoms with van der Waals surface area (Å²) in [4.78, 5) is 22.4. The van der Waals surface area contributed by atoms with Crippen molar-refractivity contribution in [3.8, 4) is 5.88 Å². The van der Waals surface area contributed by atoms with Crippen LogP contribution in [0.15, 0.2) is 30.9 Å². The van der Waals surface area contributed by atoms with E-state index in [-0.39, 0.29) is 18.1 Å². The molecule has 33 heavy (non-hydrogen) atoms. The van der Waals surface area contributed by atoms with E-state index in [4.69, 9.17) is 9.47 Å². The van der Waals surface area contributed by atoms with Gasteiger partial charge in [0.25, 0.3) is 5.91 Å². The van der Waals surface area contributed by atoms with Gasteiger partial charge in [-0.2, -0.15) is 15.2 Å². The van der Waals surface area contributed by atoms with Gasteiger partial charge in [-0.05, 0) is 50.7 Å². The lowest BCUT2D eigenvalue weighted by Crippen LogP contribution is -2.26. The van der Waals surface area contributed by atoms with E-state index in [1.54, 1.807) is 16.9 Å². The van der Waals surface area contributed by atoms with Crippen molar-refractivity contribution in [2.24, 2.45) is 0 Å². The smallest absolute Gasteiger partial charge is 0.261 e. The Bertz CT molecular complexity index is 1330. The molecule has 6 rings (SSSR count). The van der Waals surface area contributed by atoms with E-state index >= 15 is 0 Å². The number of nitrogens with zero attached hydrogens (tertiary/aromatic N) is 6. The van der Waals surface area contributed by atoms with Crippen LogP contribution in [0.5, 0.6) is 5.88 Å². The number of rotatable bonds is 5. The summed E-state index contributed by atoms with van der Waals surface area (Å²) in [6, 6.07) is 1.98. The minimum absolute atomic E-state index is 0.0805. The number of carbonyl (C=O) groups excluding carboxylic acids is 1. The number of fused-ring (bicyclic) bond motifs is 2. The third-order valence-corrected chi connectivity index (χ3v) is 6.30. The second kappa shape index (κ2) is 8.11. The van der Waals surface area contributed by atoms with Crippen LogP contribution in [0.2, 0.25) is 0 Å². The first-order valence-corrected chi connectivity index (χ1v) is 11.4. The Hall–Kier alpha value is -3.53. The summed E-state index contributed by atoms with van der Waals surface area (Å²) in [5.74, 6) is -0.000120. The molecule has 5 heterocycles. The lowest BCUT2D eigenvalue weighted by atomic mass is 9.96. The second-order valence-electron chi connectivity index (χ2n) is 8.82. The largest absolute Gasteiger partial charge is 0.474 e. The maximum Gasteiger partial charge on any atom is 0.261 e. The van der Waals surface area contributed by atoms with Gasteiger partial charge in [0.2, 0.25) is 5.88 Å². The molecule has 10 nitrogen and oxygen atoms in total. The van der Waals surface area contributed by atoms with Crippen molar-refractivity contribution in [3.05, 3.63) is 42.0 Å². The molecule has 1 saturated heterocycles. The maximum absolute atomic E-state index is 13.3. The Kier molecular flexibility index (Phi) is 4.94. The first-order chi connectivity index (χ1) is 16.1. The molecule has 1 aliphatic carbocycles. The third-order valence-electron chi connectivity index (χ3n) is 6.30. The predicted molar refractivity (Wildman–Crippen MR) is 121 cm³/mol. The molecular weight excluding hydrogens is 422 g/mol. The normalized spacial score (nSPS) is 19.0. The van der Waals surface area contributed by atoms with Gasteiger partial charge in [0.1, 0.15) is 17.4 Å². The molecule has 0 radical (unpaired) electrons. The molecule has 10 heteroatoms. The zero-order valence-corrected chi connectivity index (χ0v) is 18.4. The van der Waals surface area contributed by atoms with E-state index in [1.165, 1.54) is 0 Å². The minimum atomic E-state index is -0.315. The molecule has 0 spiro atoms. The van der Waals surface area contributed by atoms with Gasteiger partial charge in [-0.1, -0.05) is 0 Å². The lowest BCUT2D eigenvalue weighted by molar-refractivity contribution is 0.0551. The molecule has 0 aromatic carbocycles. The molecule has 4 aromatic rings. The number of aryl methyl sites for hydroxylation is 1. The van der Waals surface area contributed by atoms with Gasteiger partial charge in [0.15, 0.2) is 11.3 Å². The number of ether oxygens (including phenoxy) is 2. The van der Waals surface area contributed by atoms with Crippen molar-refractivity contribution < 1.29 is 14.3 Å². The molecule has 2 aliphatic rings. The average Bonchev–Trinajstić information content (AvgIpc) is 3.39. The zero-order valence-electron chi connectivity index (χ0n) is 18.4. The van der Waals surface area contributed by atoms with Gasteiger partial charge in [-0.3, -0.25) is 9.48 Å². The molecule has 1 amide bonds. The molecule has 2 fully saturated rings. The SMILES string of the molecule is Cc1cnc2c(NC(=O)c3cc4cn([C@H]5CCCOC5)nc4nc3OC3CCC3)cnn2c1. The third kappa shape index (κ3) is 3.80. The summed E-state index contributed by atoms with van der Waals surface area (Å²) in [6.45, 7) is 3.36. The molecule has 1 atom stereocenters. The van der Waals surface area contributed by atoms with Crippen molar-refractivity contribution >= 4 is 28.3 Å². The lowest BCUT2D eigenvalue weighted by Gasteiger charge is -2.26. The van der Waals surface area contributed by atoms with Gasteiger partial charge in [-0.15, -0.1) is 0 Å². The number of hydrogen-bond donors (Lipinski definition) is 1. The number of carbonyl (C=O) groups is 1. The molecule has 4 aromatic heterocycles. The monoisotopic (exact) mass is 447 g/mol. The fourth-order valence-corrected chi connectivity index (χ4v) is 4.22. The first kappa shape index (κ1) is 20.1. The molecular formula is C23H25N7O3. The second-order valence-corrected chi connectivity index (χ2v) is 8.82. The van der Waals surface area contributed by atoms with Crippen molar-refractivity contribution in [1.82, 2.24) is 29.4 Å². The summed E-state index contributed by atoms with van der Waals surface area (Å²) >= 11 is 0. The van der Waals surface area contributed by atoms with Crippen LogP contribution in [0.4, 0.5) is 5.69 Å². The van der Waals surface area contributed by atoms with Crippen LogP contribution in [-0.2, 0) is 4.74 Å². The Morgan fingerprint density at radius 2 is 2.12 bits per heavy atom. The Labute approximate surface area is 189 Å². The maximum atomic E-state index is 13.3. The van der Waals surface area contributed by atoms with E-state index in [0.29, 0.717) is 35.0 Å². The standard InChI is InChI=1S/C23H25N7O3/c1-14-9-24-21-19(10-25-30(21)11-14)26-22(31)18-8-15-12-29(16-4-3-7-32-13-16)28-20(15)27-23(18)33-17-5-2-6-17/h8-12,16-17H,2-7,13H2,1H3,(H,26,31)/t16-/m0/s1. The molecule has 1 saturated carbocycles. The van der Waals surface area contributed by atoms with E-state index < -0.39 is 0 Å². The van der Waals surface area contributed by atoms with E-state index in [2.05, 4.69) is 25.5 Å². The van der Waals surface area contributed by atoms with Crippen LogP contribution < -0.4 is 10.1 Å². The Morgan fingerprint density at radius 3 is 2.91 bits per heavy atom. The number of anilines is 1. The van der Waals surface area contributed by atoms with Crippen LogP contribution >= 0.6 is 0 Å². The summed E-state index contributed by atoms with van der Waals surface area (Å²) in [7, 11) is 0. The molecule has 1 N–H and O–H groups in total. The number of hydrogen-bond acceptors (Lipinski definition) is 7. The van der Waals surface area contributed by atoms with Crippen molar-refractivity contribution in [2.75, 3.05) is 18.5 Å². The van der Waals surface area contributed by atoms with E-state index in [1.807, 2.05) is 30.1 Å². The number of aromatic nitrogens is 6. The van der Waals surface area contributed by atoms with Crippen molar-refractivity contribution in [3.63, 3.8) is 0 Å². The van der Waals surface area contributed by atoms with Gasteiger partial charge in [0.05, 0.1) is 18.8 Å². The summed E-state index contributed by atoms with van der Waals surface area (Å²) in [5.41, 5.74) is 3.04. The molecule has 1 aliphatic heterocycles. The quantitative estimate of drug-likeness (QED) is 0.500. The van der Waals surface area contributed by atoms with Gasteiger partial charge >= 0.3 is 0 Å². The molecule has 170 valence electrons. The molecule has 0 unspecified atom stereocenters. The van der Waals surface area contributed by atoms with Crippen LogP contribution in [0.1, 0.15) is 54.1 Å². The highest BCUT2D eigenvalue weighted by Gasteiger charge is 2.26. The summed E-state index contributed by atoms with van der Waals surface area (Å²) < 4.78 is 15.3. The van der Waals surface area contributed by atoms with Crippen LogP contribution in [-0.4, -0.2) is 54.6 Å². The van der Waals surface area contributed by atoms with Gasteiger partial charge in [0, 0.05) is 30.6 Å². The van der Waals surface area contributed by atoms with Gasteiger partial charge in [-0.25, -0.2) is 9.50 Å². The van der Waals surface area contributed by atoms with Crippen molar-refractivity contribution in [1.29, 1.82) is 0 Å². The van der Waals surface area contributed by atoms with Crippen LogP contribution in [0.3, 0.4) is 0 Å². The fourth-order valence-electron chi connectivity index (χ4n) is 4.22. The average molecular weight is 447 g/mol. The van der Waals surface area contributed by atoms with Crippen LogP contribution in [0.25, 0.3) is 16.7 Å². The summed E-state index contributed by atoms with van der Waals surface area (Å²) in [6.07, 6.45) is 12.3. The Balaban J connectivity index is 1.35. The van der Waals surface area contributed by atoms with Gasteiger partial charge < -0.3 is 14.8 Å². The number of pyridine rings is 1. The van der Waals surface area contributed by atoms with E-state index in [9.17, 15) is 4.79 Å². The van der Waals surface area contributed by atoms with Crippen LogP contribution in [0, 0.1) is 6.92 Å². The zero-order chi connectivity index (χ0) is 22.4. The fraction of sp³-hybridized carbons (Fsp3) is 0.435. The minimum Gasteiger partial charge on any atom is -0.474 e. The number of nitrogens with one attached hydrogen (secondary N) is 1. The molecule has 0 bridgehead atoms. The Morgan fingerprint density at radius 1 is 1.21 bits per heavy atom. The highest BCUT2D eigenvalue weighted by molar-refractivity contribution is 6.08. The topological polar surface area (TPSA) is 108 Å². The predicted octanol–water partition coefficient (Wildman–Crippen LogP) is 3.32. The highest BCUT2D eigenvalue weighted by atomic mass is 16.5. The number of amides is 1. The summed E-state index contributed by atoms with van der Waals surface area (Å²) in [5, 5.41) is 12.7. The van der Waals surface area contributed by atoms with Crippen molar-refractivity contribution in [2.45, 2.75) is 51.2 Å². The highest BCUT2D eigenvalue weighted by Crippen LogP contribution is 2.30. The first-order valence-electron chi connectivity index (χ1n) is 11.4.